The van der Waals surface area contributed by atoms with Gasteiger partial charge < -0.3 is 0 Å². The highest BCUT2D eigenvalue weighted by molar-refractivity contribution is 5.97. The van der Waals surface area contributed by atoms with Crippen LogP contribution in [0.4, 0.5) is 0 Å². The summed E-state index contributed by atoms with van der Waals surface area (Å²) in [4.78, 5) is 38.9. The molecule has 6 nitrogen and oxygen atoms in total. The van der Waals surface area contributed by atoms with Crippen LogP contribution >= 0.6 is 0 Å². The number of fused-ring (bicyclic) bond motifs is 1. The summed E-state index contributed by atoms with van der Waals surface area (Å²) in [7, 11) is 0. The normalized spacial score (nSPS) is 14.7. The van der Waals surface area contributed by atoms with Gasteiger partial charge in [-0.25, -0.2) is 14.2 Å². The number of hydrogen-bond acceptors (Lipinski definition) is 3. The van der Waals surface area contributed by atoms with Gasteiger partial charge >= 0.3 is 11.4 Å². The van der Waals surface area contributed by atoms with Crippen LogP contribution < -0.4 is 11.4 Å². The Bertz CT molecular complexity index is 1040. The second-order valence-electron chi connectivity index (χ2n) is 6.44. The molecule has 132 valence electrons. The Hall–Kier alpha value is -3.15. The van der Waals surface area contributed by atoms with Crippen LogP contribution in [0.15, 0.2) is 70.3 Å². The number of carbonyl (C=O) groups excluding carboxylic acids is 1. The highest BCUT2D eigenvalue weighted by atomic mass is 16.2. The summed E-state index contributed by atoms with van der Waals surface area (Å²) in [5.41, 5.74) is -0.959. The van der Waals surface area contributed by atoms with Gasteiger partial charge in [0.05, 0.1) is 0 Å². The van der Waals surface area contributed by atoms with Crippen molar-refractivity contribution in [2.24, 2.45) is 0 Å². The molecule has 0 aliphatic carbocycles. The van der Waals surface area contributed by atoms with E-state index in [0.29, 0.717) is 24.1 Å². The van der Waals surface area contributed by atoms with Gasteiger partial charge in [0.2, 0.25) is 0 Å². The number of unbranched alkanes of at least 4 members (excludes halogenated alkanes) is 1. The lowest BCUT2D eigenvalue weighted by molar-refractivity contribution is 0.0551. The lowest BCUT2D eigenvalue weighted by Gasteiger charge is -2.41. The maximum absolute atomic E-state index is 13.2. The average Bonchev–Trinajstić information content (AvgIpc) is 2.90. The van der Waals surface area contributed by atoms with Gasteiger partial charge in [-0.1, -0.05) is 74.0 Å². The average molecular weight is 349 g/mol. The molecule has 2 aromatic carbocycles. The van der Waals surface area contributed by atoms with Gasteiger partial charge in [-0.2, -0.15) is 9.36 Å². The van der Waals surface area contributed by atoms with E-state index in [9.17, 15) is 14.4 Å². The van der Waals surface area contributed by atoms with Crippen molar-refractivity contribution in [3.63, 3.8) is 0 Å². The number of carbonyl (C=O) groups is 1. The first-order valence-electron chi connectivity index (χ1n) is 8.75. The maximum Gasteiger partial charge on any atom is 0.354 e. The lowest BCUT2D eigenvalue weighted by Crippen LogP contribution is -2.65. The number of hydrogen-bond donors (Lipinski definition) is 0. The van der Waals surface area contributed by atoms with Crippen molar-refractivity contribution in [2.75, 3.05) is 0 Å². The lowest BCUT2D eigenvalue weighted by atomic mass is 9.79. The molecule has 0 unspecified atom stereocenters. The molecule has 0 spiro atoms. The van der Waals surface area contributed by atoms with E-state index >= 15 is 0 Å². The molecule has 0 bridgehead atoms. The van der Waals surface area contributed by atoms with Crippen molar-refractivity contribution in [3.05, 3.63) is 92.8 Å². The van der Waals surface area contributed by atoms with Gasteiger partial charge in [-0.05, 0) is 17.5 Å². The van der Waals surface area contributed by atoms with E-state index in [2.05, 4.69) is 0 Å². The number of aromatic nitrogens is 3. The second kappa shape index (κ2) is 5.98. The van der Waals surface area contributed by atoms with Crippen molar-refractivity contribution >= 4 is 5.91 Å². The first-order chi connectivity index (χ1) is 12.6. The van der Waals surface area contributed by atoms with E-state index in [0.717, 1.165) is 15.7 Å². The molecule has 26 heavy (non-hydrogen) atoms. The van der Waals surface area contributed by atoms with Gasteiger partial charge in [0.15, 0.2) is 5.54 Å². The monoisotopic (exact) mass is 349 g/mol. The van der Waals surface area contributed by atoms with E-state index in [4.69, 9.17) is 0 Å². The first kappa shape index (κ1) is 16.3. The SMILES string of the molecule is CCCCn1c(=O)n2n(c1=O)C(c1ccccc1)(c1ccccc1)C2=O. The molecule has 1 aliphatic heterocycles. The van der Waals surface area contributed by atoms with Crippen molar-refractivity contribution in [1.82, 2.24) is 13.9 Å². The minimum Gasteiger partial charge on any atom is -0.269 e. The topological polar surface area (TPSA) is 66.0 Å². The van der Waals surface area contributed by atoms with E-state index in [1.54, 1.807) is 0 Å². The van der Waals surface area contributed by atoms with Gasteiger partial charge in [0, 0.05) is 6.54 Å². The largest absolute Gasteiger partial charge is 0.354 e. The van der Waals surface area contributed by atoms with Crippen molar-refractivity contribution in [1.29, 1.82) is 0 Å². The second-order valence-corrected chi connectivity index (χ2v) is 6.44. The summed E-state index contributed by atoms with van der Waals surface area (Å²) in [6, 6.07) is 18.3. The summed E-state index contributed by atoms with van der Waals surface area (Å²) >= 11 is 0. The molecule has 0 N–H and O–H groups in total. The Morgan fingerprint density at radius 1 is 0.808 bits per heavy atom. The molecule has 2 heterocycles. The highest BCUT2D eigenvalue weighted by Gasteiger charge is 2.57. The van der Waals surface area contributed by atoms with Crippen LogP contribution in [0, 0.1) is 0 Å². The molecule has 1 aliphatic rings. The molecule has 3 aromatic rings. The maximum atomic E-state index is 13.2. The molecular weight excluding hydrogens is 330 g/mol. The summed E-state index contributed by atoms with van der Waals surface area (Å²) in [5, 5.41) is 0. The summed E-state index contributed by atoms with van der Waals surface area (Å²) < 4.78 is 3.44. The zero-order chi connectivity index (χ0) is 18.3. The molecule has 0 amide bonds. The Balaban J connectivity index is 2.04. The third kappa shape index (κ3) is 1.95. The summed E-state index contributed by atoms with van der Waals surface area (Å²) in [6.45, 7) is 2.30. The highest BCUT2D eigenvalue weighted by Crippen LogP contribution is 2.39. The third-order valence-corrected chi connectivity index (χ3v) is 4.96. The molecule has 0 atom stereocenters. The molecule has 4 rings (SSSR count). The van der Waals surface area contributed by atoms with Crippen LogP contribution in [-0.4, -0.2) is 19.8 Å². The van der Waals surface area contributed by atoms with Crippen LogP contribution in [0.1, 0.15) is 35.7 Å². The molecule has 0 saturated carbocycles. The van der Waals surface area contributed by atoms with Crippen LogP contribution in [0.2, 0.25) is 0 Å². The van der Waals surface area contributed by atoms with Crippen molar-refractivity contribution in [3.8, 4) is 0 Å². The van der Waals surface area contributed by atoms with Crippen LogP contribution in [0.25, 0.3) is 0 Å². The van der Waals surface area contributed by atoms with E-state index in [1.165, 1.54) is 4.68 Å². The number of nitrogens with zero attached hydrogens (tertiary/aromatic N) is 3. The number of benzene rings is 2. The fraction of sp³-hybridized carbons (Fsp3) is 0.250. The molecule has 0 fully saturated rings. The fourth-order valence-corrected chi connectivity index (χ4v) is 3.68. The predicted octanol–water partition coefficient (Wildman–Crippen LogP) is 2.06. The molecule has 1 aromatic heterocycles. The van der Waals surface area contributed by atoms with Crippen molar-refractivity contribution in [2.45, 2.75) is 31.8 Å². The van der Waals surface area contributed by atoms with E-state index in [1.807, 2.05) is 67.6 Å². The zero-order valence-corrected chi connectivity index (χ0v) is 14.5. The Kier molecular flexibility index (Phi) is 3.76. The Morgan fingerprint density at radius 2 is 1.35 bits per heavy atom. The third-order valence-electron chi connectivity index (χ3n) is 4.96. The molecule has 0 radical (unpaired) electrons. The first-order valence-corrected chi connectivity index (χ1v) is 8.75. The minimum atomic E-state index is -1.30. The zero-order valence-electron chi connectivity index (χ0n) is 14.5. The van der Waals surface area contributed by atoms with Crippen LogP contribution in [0.3, 0.4) is 0 Å². The van der Waals surface area contributed by atoms with Gasteiger partial charge in [0.1, 0.15) is 0 Å². The Labute approximate surface area is 149 Å². The quantitative estimate of drug-likeness (QED) is 0.708. The van der Waals surface area contributed by atoms with E-state index in [-0.39, 0.29) is 0 Å². The van der Waals surface area contributed by atoms with Gasteiger partial charge in [-0.15, -0.1) is 0 Å². The van der Waals surface area contributed by atoms with Crippen LogP contribution in [-0.2, 0) is 12.1 Å². The summed E-state index contributed by atoms with van der Waals surface area (Å²) in [6.07, 6.45) is 1.56. The fourth-order valence-electron chi connectivity index (χ4n) is 3.68. The smallest absolute Gasteiger partial charge is 0.269 e. The molecular formula is C20H19N3O3. The Morgan fingerprint density at radius 3 is 1.85 bits per heavy atom. The predicted molar refractivity (Wildman–Crippen MR) is 97.5 cm³/mol. The standard InChI is InChI=1S/C20H19N3O3/c1-2-3-14-21-18(25)22-17(24)20(23(22)19(21)26,15-10-6-4-7-11-15)16-12-8-5-9-13-16/h4-13H,2-3,14H2,1H3. The summed E-state index contributed by atoms with van der Waals surface area (Å²) in [5.74, 6) is -0.396. The number of rotatable bonds is 5. The minimum absolute atomic E-state index is 0.314. The van der Waals surface area contributed by atoms with E-state index < -0.39 is 22.8 Å². The molecule has 6 heteroatoms. The van der Waals surface area contributed by atoms with Gasteiger partial charge in [-0.3, -0.25) is 4.79 Å². The van der Waals surface area contributed by atoms with Gasteiger partial charge in [0.25, 0.3) is 5.91 Å². The van der Waals surface area contributed by atoms with Crippen molar-refractivity contribution < 1.29 is 4.79 Å². The van der Waals surface area contributed by atoms with Crippen LogP contribution in [0.5, 0.6) is 0 Å². The molecule has 0 saturated heterocycles.